The summed E-state index contributed by atoms with van der Waals surface area (Å²) in [5.74, 6) is 0. The lowest BCUT2D eigenvalue weighted by molar-refractivity contribution is 0.567. The lowest BCUT2D eigenvalue weighted by Crippen LogP contribution is -2.28. The first-order chi connectivity index (χ1) is 7.31. The minimum atomic E-state index is 0.614. The van der Waals surface area contributed by atoms with E-state index in [1.807, 2.05) is 7.05 Å². The second-order valence-electron chi connectivity index (χ2n) is 4.05. The van der Waals surface area contributed by atoms with Crippen molar-refractivity contribution in [2.45, 2.75) is 25.3 Å². The highest BCUT2D eigenvalue weighted by Crippen LogP contribution is 2.32. The lowest BCUT2D eigenvalue weighted by atomic mass is 9.96. The van der Waals surface area contributed by atoms with E-state index in [0.717, 1.165) is 6.54 Å². The Labute approximate surface area is 99.6 Å². The fourth-order valence-electron chi connectivity index (χ4n) is 2.08. The van der Waals surface area contributed by atoms with E-state index in [1.165, 1.54) is 35.0 Å². The number of hydrogen-bond acceptors (Lipinski definition) is 2. The van der Waals surface area contributed by atoms with Gasteiger partial charge in [-0.3, -0.25) is 0 Å². The molecule has 3 heteroatoms. The summed E-state index contributed by atoms with van der Waals surface area (Å²) < 4.78 is 1.19. The number of hydrogen-bond donors (Lipinski definition) is 2. The summed E-state index contributed by atoms with van der Waals surface area (Å²) in [6.45, 7) is 1.08. The van der Waals surface area contributed by atoms with Crippen molar-refractivity contribution < 1.29 is 0 Å². The molecule has 1 heterocycles. The first kappa shape index (κ1) is 11.0. The Morgan fingerprint density at radius 3 is 3.20 bits per heavy atom. The first-order valence-corrected chi connectivity index (χ1v) is 6.29. The fraction of sp³-hybridized carbons (Fsp3) is 0.500. The molecule has 0 bridgehead atoms. The fourth-order valence-corrected chi connectivity index (χ4v) is 2.60. The molecule has 0 spiro atoms. The summed E-state index contributed by atoms with van der Waals surface area (Å²) in [6, 6.07) is 7.04. The molecule has 1 aromatic carbocycles. The molecule has 0 amide bonds. The number of aryl methyl sites for hydroxylation is 1. The third-order valence-corrected chi connectivity index (χ3v) is 3.61. The van der Waals surface area contributed by atoms with E-state index >= 15 is 0 Å². The zero-order chi connectivity index (χ0) is 10.7. The minimum absolute atomic E-state index is 0.614. The molecule has 1 aliphatic heterocycles. The zero-order valence-electron chi connectivity index (χ0n) is 9.02. The second-order valence-corrected chi connectivity index (χ2v) is 4.90. The molecular formula is C12H17BrN2. The molecule has 2 rings (SSSR count). The number of nitrogens with one attached hydrogen (secondary N) is 2. The number of para-hydroxylation sites is 1. The van der Waals surface area contributed by atoms with Crippen LogP contribution in [0, 0.1) is 0 Å². The van der Waals surface area contributed by atoms with Gasteiger partial charge in [-0.05, 0) is 60.4 Å². The normalized spacial score (nSPS) is 19.5. The van der Waals surface area contributed by atoms with Crippen molar-refractivity contribution in [3.8, 4) is 0 Å². The van der Waals surface area contributed by atoms with Gasteiger partial charge in [0.2, 0.25) is 0 Å². The molecule has 0 fully saturated rings. The van der Waals surface area contributed by atoms with E-state index in [0.29, 0.717) is 6.04 Å². The molecule has 1 aromatic rings. The summed E-state index contributed by atoms with van der Waals surface area (Å²) in [5, 5.41) is 6.82. The third kappa shape index (κ3) is 2.52. The van der Waals surface area contributed by atoms with E-state index in [2.05, 4.69) is 44.8 Å². The number of fused-ring (bicyclic) bond motifs is 1. The van der Waals surface area contributed by atoms with E-state index in [1.54, 1.807) is 0 Å². The summed E-state index contributed by atoms with van der Waals surface area (Å²) in [4.78, 5) is 0. The molecule has 0 saturated carbocycles. The van der Waals surface area contributed by atoms with Crippen LogP contribution in [0.3, 0.4) is 0 Å². The van der Waals surface area contributed by atoms with Crippen LogP contribution in [-0.2, 0) is 6.42 Å². The average Bonchev–Trinajstić information content (AvgIpc) is 2.27. The Hall–Kier alpha value is -0.540. The first-order valence-electron chi connectivity index (χ1n) is 5.50. The maximum absolute atomic E-state index is 3.61. The number of benzene rings is 1. The van der Waals surface area contributed by atoms with Crippen molar-refractivity contribution in [3.63, 3.8) is 0 Å². The molecule has 0 radical (unpaired) electrons. The van der Waals surface area contributed by atoms with Gasteiger partial charge in [-0.15, -0.1) is 0 Å². The Morgan fingerprint density at radius 2 is 2.40 bits per heavy atom. The van der Waals surface area contributed by atoms with Gasteiger partial charge < -0.3 is 10.6 Å². The SMILES string of the molecule is CNCCC1CCc2cccc(Br)c2N1. The van der Waals surface area contributed by atoms with Gasteiger partial charge >= 0.3 is 0 Å². The molecule has 0 aliphatic carbocycles. The molecule has 1 atom stereocenters. The quantitative estimate of drug-likeness (QED) is 0.881. The van der Waals surface area contributed by atoms with E-state index in [4.69, 9.17) is 0 Å². The molecule has 0 aromatic heterocycles. The van der Waals surface area contributed by atoms with Crippen LogP contribution < -0.4 is 10.6 Å². The van der Waals surface area contributed by atoms with Crippen LogP contribution >= 0.6 is 15.9 Å². The van der Waals surface area contributed by atoms with Crippen LogP contribution in [0.2, 0.25) is 0 Å². The van der Waals surface area contributed by atoms with Gasteiger partial charge in [0.05, 0.1) is 5.69 Å². The highest BCUT2D eigenvalue weighted by atomic mass is 79.9. The second kappa shape index (κ2) is 4.99. The van der Waals surface area contributed by atoms with Crippen LogP contribution in [0.5, 0.6) is 0 Å². The third-order valence-electron chi connectivity index (χ3n) is 2.95. The summed E-state index contributed by atoms with van der Waals surface area (Å²) >= 11 is 3.60. The molecular weight excluding hydrogens is 252 g/mol. The average molecular weight is 269 g/mol. The van der Waals surface area contributed by atoms with Crippen molar-refractivity contribution in [1.82, 2.24) is 5.32 Å². The maximum atomic E-state index is 3.61. The molecule has 1 unspecified atom stereocenters. The summed E-state index contributed by atoms with van der Waals surface area (Å²) in [5.41, 5.74) is 2.73. The van der Waals surface area contributed by atoms with E-state index in [9.17, 15) is 0 Å². The molecule has 2 nitrogen and oxygen atoms in total. The predicted octanol–water partition coefficient (Wildman–Crippen LogP) is 2.79. The minimum Gasteiger partial charge on any atom is -0.381 e. The van der Waals surface area contributed by atoms with Crippen LogP contribution in [0.15, 0.2) is 22.7 Å². The topological polar surface area (TPSA) is 24.1 Å². The Bertz CT molecular complexity index is 338. The van der Waals surface area contributed by atoms with Crippen molar-refractivity contribution in [2.24, 2.45) is 0 Å². The predicted molar refractivity (Wildman–Crippen MR) is 68.4 cm³/mol. The van der Waals surface area contributed by atoms with Gasteiger partial charge in [0.15, 0.2) is 0 Å². The van der Waals surface area contributed by atoms with Gasteiger partial charge in [-0.2, -0.15) is 0 Å². The van der Waals surface area contributed by atoms with Gasteiger partial charge in [-0.25, -0.2) is 0 Å². The highest BCUT2D eigenvalue weighted by Gasteiger charge is 2.18. The number of halogens is 1. The molecule has 15 heavy (non-hydrogen) atoms. The molecule has 1 aliphatic rings. The van der Waals surface area contributed by atoms with Crippen molar-refractivity contribution >= 4 is 21.6 Å². The van der Waals surface area contributed by atoms with Crippen LogP contribution in [0.4, 0.5) is 5.69 Å². The smallest absolute Gasteiger partial charge is 0.0519 e. The monoisotopic (exact) mass is 268 g/mol. The van der Waals surface area contributed by atoms with Crippen molar-refractivity contribution in [1.29, 1.82) is 0 Å². The van der Waals surface area contributed by atoms with E-state index in [-0.39, 0.29) is 0 Å². The number of rotatable bonds is 3. The molecule has 2 N–H and O–H groups in total. The largest absolute Gasteiger partial charge is 0.381 e. The van der Waals surface area contributed by atoms with Crippen molar-refractivity contribution in [2.75, 3.05) is 18.9 Å². The standard InChI is InChI=1S/C12H17BrN2/c1-14-8-7-10-6-5-9-3-2-4-11(13)12(9)15-10/h2-4,10,14-15H,5-8H2,1H3. The van der Waals surface area contributed by atoms with Crippen LogP contribution in [-0.4, -0.2) is 19.6 Å². The maximum Gasteiger partial charge on any atom is 0.0519 e. The van der Waals surface area contributed by atoms with E-state index < -0.39 is 0 Å². The van der Waals surface area contributed by atoms with Gasteiger partial charge in [-0.1, -0.05) is 12.1 Å². The van der Waals surface area contributed by atoms with Crippen molar-refractivity contribution in [3.05, 3.63) is 28.2 Å². The van der Waals surface area contributed by atoms with Crippen LogP contribution in [0.25, 0.3) is 0 Å². The highest BCUT2D eigenvalue weighted by molar-refractivity contribution is 9.10. The van der Waals surface area contributed by atoms with Gasteiger partial charge in [0, 0.05) is 10.5 Å². The summed E-state index contributed by atoms with van der Waals surface area (Å²) in [7, 11) is 2.01. The zero-order valence-corrected chi connectivity index (χ0v) is 10.6. The lowest BCUT2D eigenvalue weighted by Gasteiger charge is -2.27. The molecule has 82 valence electrons. The Kier molecular flexibility index (Phi) is 3.65. The van der Waals surface area contributed by atoms with Gasteiger partial charge in [0.25, 0.3) is 0 Å². The molecule has 0 saturated heterocycles. The Morgan fingerprint density at radius 1 is 1.53 bits per heavy atom. The van der Waals surface area contributed by atoms with Crippen LogP contribution in [0.1, 0.15) is 18.4 Å². The van der Waals surface area contributed by atoms with Gasteiger partial charge in [0.1, 0.15) is 0 Å². The number of anilines is 1. The Balaban J connectivity index is 2.08. The summed E-state index contributed by atoms with van der Waals surface area (Å²) in [6.07, 6.45) is 3.62.